The van der Waals surface area contributed by atoms with Crippen LogP contribution in [0.5, 0.6) is 0 Å². The monoisotopic (exact) mass is 441 g/mol. The molecule has 1 aromatic heterocycles. The van der Waals surface area contributed by atoms with Crippen molar-refractivity contribution in [2.24, 2.45) is 0 Å². The molecule has 5 nitrogen and oxygen atoms in total. The van der Waals surface area contributed by atoms with Gasteiger partial charge in [0, 0.05) is 22.1 Å². The van der Waals surface area contributed by atoms with Crippen LogP contribution < -0.4 is 5.32 Å². The number of nitrogens with zero attached hydrogens (tertiary/aromatic N) is 2. The normalized spacial score (nSPS) is 10.6. The third-order valence-corrected chi connectivity index (χ3v) is 6.26. The van der Waals surface area contributed by atoms with Gasteiger partial charge in [-0.3, -0.25) is 9.59 Å². The van der Waals surface area contributed by atoms with Gasteiger partial charge in [-0.2, -0.15) is 0 Å². The summed E-state index contributed by atoms with van der Waals surface area (Å²) in [6.07, 6.45) is 2.23. The molecule has 0 aliphatic carbocycles. The fourth-order valence-corrected chi connectivity index (χ4v) is 4.31. The number of hydrogen-bond donors (Lipinski definition) is 1. The molecule has 25 heavy (non-hydrogen) atoms. The van der Waals surface area contributed by atoms with E-state index in [1.807, 2.05) is 38.3 Å². The summed E-state index contributed by atoms with van der Waals surface area (Å²) in [6.45, 7) is 3.84. The van der Waals surface area contributed by atoms with E-state index < -0.39 is 0 Å². The van der Waals surface area contributed by atoms with Crippen molar-refractivity contribution in [3.63, 3.8) is 0 Å². The van der Waals surface area contributed by atoms with E-state index in [1.165, 1.54) is 16.2 Å². The topological polar surface area (TPSA) is 62.3 Å². The first-order valence-corrected chi connectivity index (χ1v) is 10.4. The van der Waals surface area contributed by atoms with Crippen LogP contribution in [0.4, 0.5) is 5.69 Å². The van der Waals surface area contributed by atoms with Gasteiger partial charge in [-0.1, -0.05) is 27.7 Å². The molecule has 0 fully saturated rings. The zero-order valence-electron chi connectivity index (χ0n) is 14.6. The molecule has 1 N–H and O–H groups in total. The second kappa shape index (κ2) is 8.82. The lowest BCUT2D eigenvalue weighted by molar-refractivity contribution is -0.132. The van der Waals surface area contributed by atoms with Gasteiger partial charge in [-0.15, -0.1) is 11.3 Å². The van der Waals surface area contributed by atoms with Gasteiger partial charge in [0.15, 0.2) is 0 Å². The van der Waals surface area contributed by atoms with E-state index in [0.717, 1.165) is 30.6 Å². The summed E-state index contributed by atoms with van der Waals surface area (Å²) in [4.78, 5) is 31.4. The smallest absolute Gasteiger partial charge is 0.243 e. The SMILES string of the molecule is CSc1nc(C)c(CC(=O)N(C)CC(=O)Nc2ccc(Br)cc2C)s1. The Bertz CT molecular complexity index is 792. The molecular formula is C17H20BrN3O2S2. The second-order valence-corrected chi connectivity index (χ2v) is 8.68. The van der Waals surface area contributed by atoms with Gasteiger partial charge >= 0.3 is 0 Å². The van der Waals surface area contributed by atoms with Crippen LogP contribution in [-0.2, 0) is 16.0 Å². The maximum Gasteiger partial charge on any atom is 0.243 e. The Morgan fingerprint density at radius 3 is 2.68 bits per heavy atom. The van der Waals surface area contributed by atoms with Crippen LogP contribution in [0.15, 0.2) is 27.0 Å². The zero-order valence-corrected chi connectivity index (χ0v) is 17.8. The number of carbonyl (C=O) groups excluding carboxylic acids is 2. The van der Waals surface area contributed by atoms with E-state index in [-0.39, 0.29) is 24.8 Å². The van der Waals surface area contributed by atoms with Gasteiger partial charge < -0.3 is 10.2 Å². The van der Waals surface area contributed by atoms with Crippen molar-refractivity contribution in [3.05, 3.63) is 38.8 Å². The van der Waals surface area contributed by atoms with Crippen molar-refractivity contribution in [1.82, 2.24) is 9.88 Å². The third kappa shape index (κ3) is 5.55. The fourth-order valence-electron chi connectivity index (χ4n) is 2.19. The summed E-state index contributed by atoms with van der Waals surface area (Å²) in [5, 5.41) is 2.84. The number of aromatic nitrogens is 1. The van der Waals surface area contributed by atoms with E-state index in [4.69, 9.17) is 0 Å². The van der Waals surface area contributed by atoms with Crippen molar-refractivity contribution in [3.8, 4) is 0 Å². The average molecular weight is 442 g/mol. The van der Waals surface area contributed by atoms with Crippen LogP contribution in [0.2, 0.25) is 0 Å². The molecule has 1 aromatic carbocycles. The van der Waals surface area contributed by atoms with Crippen molar-refractivity contribution < 1.29 is 9.59 Å². The summed E-state index contributed by atoms with van der Waals surface area (Å²) >= 11 is 6.49. The maximum atomic E-state index is 12.4. The summed E-state index contributed by atoms with van der Waals surface area (Å²) in [7, 11) is 1.64. The quantitative estimate of drug-likeness (QED) is 0.690. The molecule has 8 heteroatoms. The Kier molecular flexibility index (Phi) is 7.04. The van der Waals surface area contributed by atoms with Crippen LogP contribution >= 0.6 is 39.0 Å². The first kappa shape index (κ1) is 19.9. The lowest BCUT2D eigenvalue weighted by atomic mass is 10.2. The highest BCUT2D eigenvalue weighted by Gasteiger charge is 2.17. The molecule has 0 saturated carbocycles. The number of carbonyl (C=O) groups is 2. The molecule has 2 amide bonds. The Morgan fingerprint density at radius 2 is 2.08 bits per heavy atom. The average Bonchev–Trinajstić information content (AvgIpc) is 2.90. The minimum Gasteiger partial charge on any atom is -0.336 e. The summed E-state index contributed by atoms with van der Waals surface area (Å²) in [5.41, 5.74) is 2.59. The van der Waals surface area contributed by atoms with E-state index >= 15 is 0 Å². The van der Waals surface area contributed by atoms with Crippen molar-refractivity contribution in [2.45, 2.75) is 24.6 Å². The van der Waals surface area contributed by atoms with Gasteiger partial charge in [0.1, 0.15) is 4.34 Å². The minimum atomic E-state index is -0.216. The van der Waals surface area contributed by atoms with E-state index in [2.05, 4.69) is 26.2 Å². The van der Waals surface area contributed by atoms with Gasteiger partial charge in [0.25, 0.3) is 0 Å². The molecular weight excluding hydrogens is 422 g/mol. The first-order valence-electron chi connectivity index (χ1n) is 7.60. The molecule has 2 aromatic rings. The molecule has 0 saturated heterocycles. The number of likely N-dealkylation sites (N-methyl/N-ethyl adjacent to an activating group) is 1. The first-order chi connectivity index (χ1) is 11.8. The van der Waals surface area contributed by atoms with Crippen LogP contribution in [0, 0.1) is 13.8 Å². The molecule has 0 radical (unpaired) electrons. The number of amides is 2. The van der Waals surface area contributed by atoms with E-state index in [0.29, 0.717) is 0 Å². The molecule has 0 aliphatic heterocycles. The molecule has 0 atom stereocenters. The Balaban J connectivity index is 1.93. The number of thiazole rings is 1. The van der Waals surface area contributed by atoms with Crippen molar-refractivity contribution in [1.29, 1.82) is 0 Å². The summed E-state index contributed by atoms with van der Waals surface area (Å²) in [6, 6.07) is 5.64. The highest BCUT2D eigenvalue weighted by molar-refractivity contribution is 9.10. The molecule has 0 aliphatic rings. The number of halogens is 1. The van der Waals surface area contributed by atoms with Gasteiger partial charge in [-0.05, 0) is 43.9 Å². The van der Waals surface area contributed by atoms with E-state index in [1.54, 1.807) is 18.8 Å². The molecule has 1 heterocycles. The van der Waals surface area contributed by atoms with Gasteiger partial charge in [-0.25, -0.2) is 4.98 Å². The molecule has 0 spiro atoms. The van der Waals surface area contributed by atoms with Crippen LogP contribution in [-0.4, -0.2) is 41.5 Å². The number of benzene rings is 1. The maximum absolute atomic E-state index is 12.4. The van der Waals surface area contributed by atoms with Crippen molar-refractivity contribution in [2.75, 3.05) is 25.2 Å². The zero-order chi connectivity index (χ0) is 18.6. The number of anilines is 1. The third-order valence-electron chi connectivity index (χ3n) is 3.63. The molecule has 2 rings (SSSR count). The fraction of sp³-hybridized carbons (Fsp3) is 0.353. The van der Waals surface area contributed by atoms with E-state index in [9.17, 15) is 9.59 Å². The molecule has 0 unspecified atom stereocenters. The minimum absolute atomic E-state index is 0.0155. The number of nitrogens with one attached hydrogen (secondary N) is 1. The van der Waals surface area contributed by atoms with Crippen LogP contribution in [0.1, 0.15) is 16.1 Å². The predicted molar refractivity (Wildman–Crippen MR) is 107 cm³/mol. The molecule has 134 valence electrons. The number of thioether (sulfide) groups is 1. The number of rotatable bonds is 6. The van der Waals surface area contributed by atoms with Gasteiger partial charge in [0.2, 0.25) is 11.8 Å². The lowest BCUT2D eigenvalue weighted by Gasteiger charge is -2.17. The standard InChI is InChI=1S/C17H20BrN3O2S2/c1-10-7-12(18)5-6-13(10)20-15(22)9-21(3)16(23)8-14-11(2)19-17(24-4)25-14/h5-7H,8-9H2,1-4H3,(H,20,22). The Morgan fingerprint density at radius 1 is 1.36 bits per heavy atom. The highest BCUT2D eigenvalue weighted by atomic mass is 79.9. The number of aryl methyl sites for hydroxylation is 2. The summed E-state index contributed by atoms with van der Waals surface area (Å²) in [5.74, 6) is -0.311. The van der Waals surface area contributed by atoms with Crippen LogP contribution in [0.25, 0.3) is 0 Å². The highest BCUT2D eigenvalue weighted by Crippen LogP contribution is 2.26. The van der Waals surface area contributed by atoms with Crippen molar-refractivity contribution >= 4 is 56.5 Å². The van der Waals surface area contributed by atoms with Gasteiger partial charge in [0.05, 0.1) is 18.7 Å². The second-order valence-electron chi connectivity index (χ2n) is 5.63. The largest absolute Gasteiger partial charge is 0.336 e. The molecule has 0 bridgehead atoms. The Hall–Kier alpha value is -1.38. The Labute approximate surface area is 164 Å². The predicted octanol–water partition coefficient (Wildman–Crippen LogP) is 3.88. The lowest BCUT2D eigenvalue weighted by Crippen LogP contribution is -2.35. The van der Waals surface area contributed by atoms with Crippen LogP contribution in [0.3, 0.4) is 0 Å². The number of hydrogen-bond acceptors (Lipinski definition) is 5. The summed E-state index contributed by atoms with van der Waals surface area (Å²) < 4.78 is 1.91.